The van der Waals surface area contributed by atoms with Crippen LogP contribution in [0, 0.1) is 0 Å². The topological polar surface area (TPSA) is 41.9 Å². The first kappa shape index (κ1) is 16.5. The van der Waals surface area contributed by atoms with Crippen LogP contribution >= 0.6 is 11.6 Å². The van der Waals surface area contributed by atoms with Gasteiger partial charge in [0.2, 0.25) is 0 Å². The van der Waals surface area contributed by atoms with Crippen molar-refractivity contribution in [2.24, 2.45) is 0 Å². The van der Waals surface area contributed by atoms with Gasteiger partial charge in [0.1, 0.15) is 5.82 Å². The van der Waals surface area contributed by atoms with E-state index in [0.29, 0.717) is 5.82 Å². The van der Waals surface area contributed by atoms with Crippen LogP contribution < -0.4 is 4.90 Å². The Labute approximate surface area is 157 Å². The van der Waals surface area contributed by atoms with E-state index >= 15 is 0 Å². The van der Waals surface area contributed by atoms with Gasteiger partial charge < -0.3 is 4.90 Å². The Morgan fingerprint density at radius 2 is 1.65 bits per heavy atom. The molecule has 5 heteroatoms. The summed E-state index contributed by atoms with van der Waals surface area (Å²) in [6.45, 7) is 0. The van der Waals surface area contributed by atoms with Crippen LogP contribution in [0.1, 0.15) is 0 Å². The molecule has 0 aliphatic rings. The minimum absolute atomic E-state index is 0.671. The van der Waals surface area contributed by atoms with Crippen LogP contribution in [0.4, 0.5) is 5.82 Å². The van der Waals surface area contributed by atoms with Gasteiger partial charge >= 0.3 is 0 Å². The number of halogens is 1. The van der Waals surface area contributed by atoms with Gasteiger partial charge in [0, 0.05) is 42.5 Å². The fourth-order valence-corrected chi connectivity index (χ4v) is 3.12. The van der Waals surface area contributed by atoms with Gasteiger partial charge in [-0.15, -0.1) is 0 Å². The molecule has 4 nitrogen and oxygen atoms in total. The van der Waals surface area contributed by atoms with Crippen molar-refractivity contribution in [3.63, 3.8) is 0 Å². The van der Waals surface area contributed by atoms with Crippen LogP contribution in [0.3, 0.4) is 0 Å². The molecule has 128 valence electrons. The van der Waals surface area contributed by atoms with E-state index in [9.17, 15) is 0 Å². The third-order valence-electron chi connectivity index (χ3n) is 4.18. The molecular weight excluding hydrogens is 344 g/mol. The lowest BCUT2D eigenvalue weighted by Crippen LogP contribution is -2.12. The molecule has 0 spiro atoms. The molecule has 0 aliphatic carbocycles. The Kier molecular flexibility index (Phi) is 4.27. The maximum absolute atomic E-state index is 6.14. The van der Waals surface area contributed by atoms with Crippen molar-refractivity contribution in [3.05, 3.63) is 72.0 Å². The third-order valence-corrected chi connectivity index (χ3v) is 4.41. The summed E-state index contributed by atoms with van der Waals surface area (Å²) in [5.74, 6) is 1.54. The Morgan fingerprint density at radius 3 is 2.38 bits per heavy atom. The van der Waals surface area contributed by atoms with Crippen molar-refractivity contribution < 1.29 is 0 Å². The second kappa shape index (κ2) is 6.73. The highest BCUT2D eigenvalue weighted by Gasteiger charge is 2.12. The summed E-state index contributed by atoms with van der Waals surface area (Å²) in [4.78, 5) is 15.7. The van der Waals surface area contributed by atoms with Crippen LogP contribution in [-0.4, -0.2) is 29.0 Å². The van der Waals surface area contributed by atoms with Gasteiger partial charge in [-0.1, -0.05) is 29.8 Å². The molecule has 0 bridgehead atoms. The average molecular weight is 361 g/mol. The van der Waals surface area contributed by atoms with Gasteiger partial charge in [-0.3, -0.25) is 4.98 Å². The minimum Gasteiger partial charge on any atom is -0.362 e. The molecule has 2 heterocycles. The van der Waals surface area contributed by atoms with Gasteiger partial charge in [-0.25, -0.2) is 9.97 Å². The molecule has 0 N–H and O–H groups in total. The molecule has 0 fully saturated rings. The smallest absolute Gasteiger partial charge is 0.163 e. The minimum atomic E-state index is 0.671. The standard InChI is InChI=1S/C21H17ClN4/c1-26(2)21-18-12-15(14-5-3-7-17(22)11-14)8-9-19(18)24-20(25-21)16-6-4-10-23-13-16/h3-13H,1-2H3. The summed E-state index contributed by atoms with van der Waals surface area (Å²) in [5, 5.41) is 1.72. The number of rotatable bonds is 3. The Morgan fingerprint density at radius 1 is 0.846 bits per heavy atom. The number of aromatic nitrogens is 3. The van der Waals surface area contributed by atoms with Gasteiger partial charge in [-0.05, 0) is 47.5 Å². The Hall–Kier alpha value is -2.98. The van der Waals surface area contributed by atoms with Crippen LogP contribution in [0.2, 0.25) is 5.02 Å². The predicted molar refractivity (Wildman–Crippen MR) is 108 cm³/mol. The lowest BCUT2D eigenvalue weighted by Gasteiger charge is -2.16. The van der Waals surface area contributed by atoms with Crippen molar-refractivity contribution in [1.82, 2.24) is 15.0 Å². The van der Waals surface area contributed by atoms with Gasteiger partial charge in [0.25, 0.3) is 0 Å². The molecule has 0 unspecified atom stereocenters. The van der Waals surface area contributed by atoms with E-state index in [0.717, 1.165) is 38.4 Å². The first-order chi connectivity index (χ1) is 12.6. The number of fused-ring (bicyclic) bond motifs is 1. The normalized spacial score (nSPS) is 10.9. The number of hydrogen-bond acceptors (Lipinski definition) is 4. The fourth-order valence-electron chi connectivity index (χ4n) is 2.92. The molecule has 0 saturated carbocycles. The molecular formula is C21H17ClN4. The zero-order valence-corrected chi connectivity index (χ0v) is 15.3. The first-order valence-corrected chi connectivity index (χ1v) is 8.65. The summed E-state index contributed by atoms with van der Waals surface area (Å²) < 4.78 is 0. The quantitative estimate of drug-likeness (QED) is 0.511. The van der Waals surface area contributed by atoms with Crippen LogP contribution in [-0.2, 0) is 0 Å². The largest absolute Gasteiger partial charge is 0.362 e. The van der Waals surface area contributed by atoms with Crippen molar-refractivity contribution >= 4 is 28.3 Å². The molecule has 0 radical (unpaired) electrons. The van der Waals surface area contributed by atoms with Gasteiger partial charge in [0.05, 0.1) is 5.52 Å². The van der Waals surface area contributed by atoms with E-state index in [2.05, 4.69) is 17.1 Å². The number of nitrogens with zero attached hydrogens (tertiary/aromatic N) is 4. The molecule has 0 aliphatic heterocycles. The molecule has 26 heavy (non-hydrogen) atoms. The van der Waals surface area contributed by atoms with Gasteiger partial charge in [-0.2, -0.15) is 0 Å². The highest BCUT2D eigenvalue weighted by atomic mass is 35.5. The lowest BCUT2D eigenvalue weighted by atomic mass is 10.0. The van der Waals surface area contributed by atoms with E-state index < -0.39 is 0 Å². The lowest BCUT2D eigenvalue weighted by molar-refractivity contribution is 1.06. The van der Waals surface area contributed by atoms with Crippen molar-refractivity contribution in [3.8, 4) is 22.5 Å². The predicted octanol–water partition coefficient (Wildman–Crippen LogP) is 5.08. The van der Waals surface area contributed by atoms with E-state index in [1.165, 1.54) is 0 Å². The SMILES string of the molecule is CN(C)c1nc(-c2cccnc2)nc2ccc(-c3cccc(Cl)c3)cc12. The maximum Gasteiger partial charge on any atom is 0.163 e. The zero-order chi connectivity index (χ0) is 18.1. The summed E-state index contributed by atoms with van der Waals surface area (Å²) in [6.07, 6.45) is 3.52. The van der Waals surface area contributed by atoms with Crippen LogP contribution in [0.15, 0.2) is 67.0 Å². The third kappa shape index (κ3) is 3.11. The molecule has 4 rings (SSSR count). The summed E-state index contributed by atoms with van der Waals surface area (Å²) in [5.41, 5.74) is 3.95. The molecule has 0 atom stereocenters. The number of pyridine rings is 1. The molecule has 2 aromatic heterocycles. The Bertz CT molecular complexity index is 1080. The van der Waals surface area contributed by atoms with Crippen LogP contribution in [0.5, 0.6) is 0 Å². The number of hydrogen-bond donors (Lipinski definition) is 0. The second-order valence-corrected chi connectivity index (χ2v) is 6.69. The van der Waals surface area contributed by atoms with Crippen LogP contribution in [0.25, 0.3) is 33.4 Å². The maximum atomic E-state index is 6.14. The molecule has 0 saturated heterocycles. The highest BCUT2D eigenvalue weighted by molar-refractivity contribution is 6.30. The molecule has 0 amide bonds. The summed E-state index contributed by atoms with van der Waals surface area (Å²) >= 11 is 6.14. The highest BCUT2D eigenvalue weighted by Crippen LogP contribution is 2.31. The summed E-state index contributed by atoms with van der Waals surface area (Å²) in [6, 6.07) is 17.9. The van der Waals surface area contributed by atoms with E-state index in [1.54, 1.807) is 12.4 Å². The second-order valence-electron chi connectivity index (χ2n) is 6.25. The number of anilines is 1. The van der Waals surface area contributed by atoms with Crippen molar-refractivity contribution in [1.29, 1.82) is 0 Å². The molecule has 2 aromatic carbocycles. The monoisotopic (exact) mass is 360 g/mol. The zero-order valence-electron chi connectivity index (χ0n) is 14.5. The molecule has 4 aromatic rings. The average Bonchev–Trinajstić information content (AvgIpc) is 2.67. The first-order valence-electron chi connectivity index (χ1n) is 8.27. The van der Waals surface area contributed by atoms with Crippen molar-refractivity contribution in [2.75, 3.05) is 19.0 Å². The van der Waals surface area contributed by atoms with Crippen molar-refractivity contribution in [2.45, 2.75) is 0 Å². The van der Waals surface area contributed by atoms with E-state index in [-0.39, 0.29) is 0 Å². The Balaban J connectivity index is 1.92. The fraction of sp³-hybridized carbons (Fsp3) is 0.0952. The van der Waals surface area contributed by atoms with E-state index in [1.807, 2.05) is 61.5 Å². The van der Waals surface area contributed by atoms with Gasteiger partial charge in [0.15, 0.2) is 5.82 Å². The number of benzene rings is 2. The van der Waals surface area contributed by atoms with E-state index in [4.69, 9.17) is 21.6 Å². The summed E-state index contributed by atoms with van der Waals surface area (Å²) in [7, 11) is 3.97.